The highest BCUT2D eigenvalue weighted by Crippen LogP contribution is 2.44. The van der Waals surface area contributed by atoms with Crippen LogP contribution in [-0.2, 0) is 11.2 Å². The quantitative estimate of drug-likeness (QED) is 0.685. The number of amides is 1. The fourth-order valence-electron chi connectivity index (χ4n) is 6.25. The van der Waals surface area contributed by atoms with E-state index in [1.54, 1.807) is 0 Å². The summed E-state index contributed by atoms with van der Waals surface area (Å²) in [6.45, 7) is 9.18. The molecule has 1 amide bonds. The van der Waals surface area contributed by atoms with Crippen LogP contribution in [0, 0.1) is 0 Å². The lowest BCUT2D eigenvalue weighted by Gasteiger charge is -2.51. The Balaban J connectivity index is 1.18. The SMILES string of the molecule is CC(C)N1CCN(c2ccc(Nc3ncc4c(n3)N3C(C4)C(=O)NCC34CCCCC4)nn2)CC1. The summed E-state index contributed by atoms with van der Waals surface area (Å²) in [5, 5.41) is 15.3. The maximum Gasteiger partial charge on any atom is 0.243 e. The standard InChI is InChI=1S/C25H35N9O/c1-17(2)32-10-12-33(13-11-32)21-7-6-20(30-31-21)28-24-26-15-18-14-19-23(35)27-16-25(8-4-3-5-9-25)34(19)22(18)29-24/h6-7,15,17,19H,3-5,8-14,16H2,1-2H3,(H,27,35)(H,26,28,29,30). The van der Waals surface area contributed by atoms with E-state index >= 15 is 0 Å². The number of fused-ring (bicyclic) bond motifs is 4. The Morgan fingerprint density at radius 1 is 1.09 bits per heavy atom. The van der Waals surface area contributed by atoms with Gasteiger partial charge in [-0.1, -0.05) is 19.3 Å². The highest BCUT2D eigenvalue weighted by atomic mass is 16.2. The first-order valence-corrected chi connectivity index (χ1v) is 13.1. The number of anilines is 4. The van der Waals surface area contributed by atoms with Crippen molar-refractivity contribution in [3.05, 3.63) is 23.9 Å². The minimum Gasteiger partial charge on any atom is -0.353 e. The Morgan fingerprint density at radius 2 is 1.89 bits per heavy atom. The molecule has 2 aromatic rings. The second-order valence-corrected chi connectivity index (χ2v) is 10.7. The van der Waals surface area contributed by atoms with Gasteiger partial charge in [0.25, 0.3) is 0 Å². The number of rotatable bonds is 4. The van der Waals surface area contributed by atoms with Gasteiger partial charge in [-0.25, -0.2) is 4.98 Å². The first-order valence-electron chi connectivity index (χ1n) is 13.1. The highest BCUT2D eigenvalue weighted by molar-refractivity contribution is 5.90. The van der Waals surface area contributed by atoms with Gasteiger partial charge in [-0.3, -0.25) is 9.69 Å². The molecule has 186 valence electrons. The average Bonchev–Trinajstić information content (AvgIpc) is 3.28. The summed E-state index contributed by atoms with van der Waals surface area (Å²) in [7, 11) is 0. The maximum atomic E-state index is 12.7. The lowest BCUT2D eigenvalue weighted by molar-refractivity contribution is -0.124. The molecule has 5 heterocycles. The molecule has 3 aliphatic heterocycles. The van der Waals surface area contributed by atoms with Gasteiger partial charge in [-0.05, 0) is 38.8 Å². The number of hydrogen-bond acceptors (Lipinski definition) is 9. The summed E-state index contributed by atoms with van der Waals surface area (Å²) < 4.78 is 0. The largest absolute Gasteiger partial charge is 0.353 e. The number of carbonyl (C=O) groups excluding carboxylic acids is 1. The lowest BCUT2D eigenvalue weighted by Crippen LogP contribution is -2.67. The third-order valence-electron chi connectivity index (χ3n) is 8.24. The van der Waals surface area contributed by atoms with E-state index in [9.17, 15) is 4.79 Å². The Kier molecular flexibility index (Phi) is 5.70. The summed E-state index contributed by atoms with van der Waals surface area (Å²) in [4.78, 5) is 29.2. The molecule has 1 aliphatic carbocycles. The van der Waals surface area contributed by atoms with E-state index in [1.807, 2.05) is 18.3 Å². The molecule has 1 spiro atoms. The van der Waals surface area contributed by atoms with Gasteiger partial charge in [0.2, 0.25) is 11.9 Å². The minimum absolute atomic E-state index is 0.0330. The Labute approximate surface area is 206 Å². The minimum atomic E-state index is -0.184. The van der Waals surface area contributed by atoms with Gasteiger partial charge >= 0.3 is 0 Å². The molecule has 10 heteroatoms. The van der Waals surface area contributed by atoms with Gasteiger partial charge < -0.3 is 20.4 Å². The second kappa shape index (κ2) is 8.89. The van der Waals surface area contributed by atoms with Gasteiger partial charge in [0, 0.05) is 56.9 Å². The molecule has 1 saturated carbocycles. The molecule has 0 bridgehead atoms. The Morgan fingerprint density at radius 3 is 2.60 bits per heavy atom. The summed E-state index contributed by atoms with van der Waals surface area (Å²) >= 11 is 0. The summed E-state index contributed by atoms with van der Waals surface area (Å²) in [6.07, 6.45) is 8.37. The number of nitrogens with zero attached hydrogens (tertiary/aromatic N) is 7. The smallest absolute Gasteiger partial charge is 0.243 e. The van der Waals surface area contributed by atoms with E-state index in [4.69, 9.17) is 4.98 Å². The van der Waals surface area contributed by atoms with Crippen molar-refractivity contribution < 1.29 is 4.79 Å². The molecular formula is C25H35N9O. The third-order valence-corrected chi connectivity index (χ3v) is 8.24. The van der Waals surface area contributed by atoms with Crippen molar-refractivity contribution in [3.8, 4) is 0 Å². The number of aromatic nitrogens is 4. The normalized spacial score (nSPS) is 23.9. The molecule has 1 atom stereocenters. The maximum absolute atomic E-state index is 12.7. The van der Waals surface area contributed by atoms with Crippen LogP contribution in [-0.4, -0.2) is 81.3 Å². The molecule has 1 unspecified atom stereocenters. The zero-order valence-electron chi connectivity index (χ0n) is 20.7. The average molecular weight is 478 g/mol. The van der Waals surface area contributed by atoms with Gasteiger partial charge in [-0.15, -0.1) is 10.2 Å². The third kappa shape index (κ3) is 4.07. The van der Waals surface area contributed by atoms with Crippen molar-refractivity contribution in [3.63, 3.8) is 0 Å². The van der Waals surface area contributed by atoms with Gasteiger partial charge in [0.15, 0.2) is 11.6 Å². The van der Waals surface area contributed by atoms with Crippen LogP contribution in [0.3, 0.4) is 0 Å². The topological polar surface area (TPSA) is 102 Å². The Bertz CT molecular complexity index is 1070. The summed E-state index contributed by atoms with van der Waals surface area (Å²) in [6, 6.07) is 4.34. The van der Waals surface area contributed by atoms with Crippen LogP contribution in [0.4, 0.5) is 23.4 Å². The van der Waals surface area contributed by atoms with E-state index in [1.165, 1.54) is 19.3 Å². The first-order chi connectivity index (χ1) is 17.0. The van der Waals surface area contributed by atoms with Crippen LogP contribution >= 0.6 is 0 Å². The van der Waals surface area contributed by atoms with Gasteiger partial charge in [0.05, 0.1) is 5.54 Å². The lowest BCUT2D eigenvalue weighted by atomic mass is 9.78. The molecule has 2 N–H and O–H groups in total. The molecule has 2 aromatic heterocycles. The zero-order valence-corrected chi connectivity index (χ0v) is 20.7. The van der Waals surface area contributed by atoms with Gasteiger partial charge in [0.1, 0.15) is 11.9 Å². The molecular weight excluding hydrogens is 442 g/mol. The van der Waals surface area contributed by atoms with Crippen molar-refractivity contribution in [2.24, 2.45) is 0 Å². The molecule has 3 fully saturated rings. The molecule has 4 aliphatic rings. The number of piperazine rings is 2. The van der Waals surface area contributed by atoms with Crippen LogP contribution < -0.4 is 20.4 Å². The molecule has 2 saturated heterocycles. The first kappa shape index (κ1) is 22.5. The van der Waals surface area contributed by atoms with Crippen molar-refractivity contribution >= 4 is 29.3 Å². The highest BCUT2D eigenvalue weighted by Gasteiger charge is 2.51. The van der Waals surface area contributed by atoms with E-state index in [0.717, 1.165) is 56.2 Å². The van der Waals surface area contributed by atoms with Crippen LogP contribution in [0.2, 0.25) is 0 Å². The molecule has 6 rings (SSSR count). The molecule has 0 aromatic carbocycles. The number of hydrogen-bond donors (Lipinski definition) is 2. The van der Waals surface area contributed by atoms with Crippen molar-refractivity contribution in [1.82, 2.24) is 30.4 Å². The monoisotopic (exact) mass is 477 g/mol. The number of nitrogens with one attached hydrogen (secondary N) is 2. The van der Waals surface area contributed by atoms with E-state index < -0.39 is 0 Å². The van der Waals surface area contributed by atoms with Crippen LogP contribution in [0.5, 0.6) is 0 Å². The molecule has 35 heavy (non-hydrogen) atoms. The molecule has 10 nitrogen and oxygen atoms in total. The van der Waals surface area contributed by atoms with Gasteiger partial charge in [-0.2, -0.15) is 4.98 Å². The molecule has 0 radical (unpaired) electrons. The van der Waals surface area contributed by atoms with E-state index in [0.29, 0.717) is 30.8 Å². The van der Waals surface area contributed by atoms with Crippen LogP contribution in [0.25, 0.3) is 0 Å². The zero-order chi connectivity index (χ0) is 24.0. The predicted molar refractivity (Wildman–Crippen MR) is 135 cm³/mol. The summed E-state index contributed by atoms with van der Waals surface area (Å²) in [5.74, 6) is 3.01. The second-order valence-electron chi connectivity index (χ2n) is 10.7. The Hall–Kier alpha value is -3.01. The van der Waals surface area contributed by atoms with Crippen molar-refractivity contribution in [2.75, 3.05) is 47.8 Å². The predicted octanol–water partition coefficient (Wildman–Crippen LogP) is 2.10. The van der Waals surface area contributed by atoms with Crippen LogP contribution in [0.1, 0.15) is 51.5 Å². The number of carbonyl (C=O) groups is 1. The fourth-order valence-corrected chi connectivity index (χ4v) is 6.25. The van der Waals surface area contributed by atoms with Crippen LogP contribution in [0.15, 0.2) is 18.3 Å². The van der Waals surface area contributed by atoms with E-state index in [2.05, 4.69) is 54.4 Å². The van der Waals surface area contributed by atoms with Crippen molar-refractivity contribution in [2.45, 2.75) is 70.0 Å². The fraction of sp³-hybridized carbons (Fsp3) is 0.640. The van der Waals surface area contributed by atoms with E-state index in [-0.39, 0.29) is 17.5 Å². The van der Waals surface area contributed by atoms with Crippen molar-refractivity contribution in [1.29, 1.82) is 0 Å². The summed E-state index contributed by atoms with van der Waals surface area (Å²) in [5.41, 5.74) is 1.01.